The Morgan fingerprint density at radius 2 is 1.04 bits per heavy atom. The second kappa shape index (κ2) is 38.3. The van der Waals surface area contributed by atoms with Gasteiger partial charge in [0, 0.05) is 13.0 Å². The van der Waals surface area contributed by atoms with E-state index in [4.69, 9.17) is 25.7 Å². The number of rotatable bonds is 36. The van der Waals surface area contributed by atoms with Crippen molar-refractivity contribution in [2.24, 2.45) is 17.6 Å². The first-order valence-electron chi connectivity index (χ1n) is 29.7. The van der Waals surface area contributed by atoms with E-state index in [2.05, 4.69) is 53.2 Å². The fraction of sp³-hybridized carbons (Fsp3) is 0.508. The molecule has 0 unspecified atom stereocenters. The first-order chi connectivity index (χ1) is 43.3. The summed E-state index contributed by atoms with van der Waals surface area (Å²) in [5.41, 5.74) is 5.86. The van der Waals surface area contributed by atoms with Gasteiger partial charge in [-0.1, -0.05) is 119 Å². The van der Waals surface area contributed by atoms with Crippen molar-refractivity contribution >= 4 is 71.4 Å². The highest BCUT2D eigenvalue weighted by atomic mass is 16.6. The number of hydrogen-bond acceptors (Lipinski definition) is 18. The fourth-order valence-corrected chi connectivity index (χ4v) is 8.78. The van der Waals surface area contributed by atoms with Gasteiger partial charge in [-0.3, -0.25) is 43.8 Å². The summed E-state index contributed by atoms with van der Waals surface area (Å²) < 4.78 is 11.0. The predicted molar refractivity (Wildman–Crippen MR) is 332 cm³/mol. The Morgan fingerprint density at radius 1 is 0.543 bits per heavy atom. The Kier molecular flexibility index (Phi) is 32.0. The van der Waals surface area contributed by atoms with Crippen LogP contribution in [-0.2, 0) is 65.7 Å². The lowest BCUT2D eigenvalue weighted by atomic mass is 9.95. The molecule has 11 atom stereocenters. The Labute approximate surface area is 532 Å². The van der Waals surface area contributed by atoms with E-state index in [0.717, 1.165) is 6.92 Å². The summed E-state index contributed by atoms with van der Waals surface area (Å²) in [6.07, 6.45) is -5.96. The number of aliphatic carboxylic acids is 1. The molecule has 0 saturated heterocycles. The number of aliphatic hydroxyl groups is 4. The quantitative estimate of drug-likeness (QED) is 0.0171. The molecule has 92 heavy (non-hydrogen) atoms. The standard InChI is InChI=1S/C61H89N13O18/c1-33(2)27-40(69-56(86)48(49(79)34(3)4)72-55(85)47(74-59(89)91-32-37-21-14-10-15-22-37)46(38-23-16-11-17-24-38)73-60(90)92-61(6,7)8)51(81)67-39(25-18-26-64-58(62)63)50(80)68-41(28-36-19-12-9-13-20-36)52(82)71-45(35(5)77)54(84)65-29-44(78)66-42(30-75)53(83)70-43(31-76)57(87)88/h9-17,19-24,33-35,39-43,45-49,75-77,79H,18,25-32H2,1-8H3,(H,65,84)(H,66,78)(H,67,81)(H,68,80)(H,69,86)(H,70,83)(H,71,82)(H,72,85)(H,73,90)(H,74,89)(H,87,88)(H4,62,63,64)/t35-,39+,40-,41-,42-,43-,45-,46+,47-,48-,49+/m0/s1. The number of carbonyl (C=O) groups excluding carboxylic acids is 10. The number of nitrogens with two attached hydrogens (primary N) is 1. The first kappa shape index (κ1) is 76.8. The molecule has 0 bridgehead atoms. The van der Waals surface area contributed by atoms with E-state index < -0.39 is 169 Å². The van der Waals surface area contributed by atoms with Crippen LogP contribution in [0.1, 0.15) is 97.4 Å². The highest BCUT2D eigenvalue weighted by Crippen LogP contribution is 2.21. The van der Waals surface area contributed by atoms with Gasteiger partial charge in [0.25, 0.3) is 0 Å². The number of nitrogens with one attached hydrogen (secondary N) is 12. The number of carboxylic acids is 1. The van der Waals surface area contributed by atoms with Crippen molar-refractivity contribution in [2.75, 3.05) is 26.3 Å². The molecule has 3 rings (SSSR count). The average Bonchev–Trinajstić information content (AvgIpc) is 1.05. The smallest absolute Gasteiger partial charge is 0.408 e. The van der Waals surface area contributed by atoms with Gasteiger partial charge in [-0.15, -0.1) is 0 Å². The molecular formula is C61H89N13O18. The average molecular weight is 1290 g/mol. The number of hydrogen-bond donors (Lipinski definition) is 18. The van der Waals surface area contributed by atoms with Crippen molar-refractivity contribution in [1.29, 1.82) is 5.41 Å². The summed E-state index contributed by atoms with van der Waals surface area (Å²) in [7, 11) is 0. The van der Waals surface area contributed by atoms with E-state index >= 15 is 0 Å². The van der Waals surface area contributed by atoms with Crippen LogP contribution >= 0.6 is 0 Å². The predicted octanol–water partition coefficient (Wildman–Crippen LogP) is -1.92. The Balaban J connectivity index is 2.00. The van der Waals surface area contributed by atoms with Crippen molar-refractivity contribution in [1.82, 2.24) is 58.5 Å². The Hall–Kier alpha value is -9.46. The van der Waals surface area contributed by atoms with Crippen LogP contribution in [0.3, 0.4) is 0 Å². The van der Waals surface area contributed by atoms with E-state index in [1.165, 1.54) is 0 Å². The van der Waals surface area contributed by atoms with Gasteiger partial charge in [0.15, 0.2) is 5.96 Å². The highest BCUT2D eigenvalue weighted by Gasteiger charge is 2.41. The summed E-state index contributed by atoms with van der Waals surface area (Å²) in [4.78, 5) is 150. The minimum atomic E-state index is -1.88. The van der Waals surface area contributed by atoms with Crippen LogP contribution < -0.4 is 64.2 Å². The van der Waals surface area contributed by atoms with Gasteiger partial charge in [-0.25, -0.2) is 14.4 Å². The third kappa shape index (κ3) is 27.3. The van der Waals surface area contributed by atoms with Gasteiger partial charge in [0.1, 0.15) is 60.5 Å². The summed E-state index contributed by atoms with van der Waals surface area (Å²) in [5, 5.41) is 84.9. The third-order valence-corrected chi connectivity index (χ3v) is 13.5. The van der Waals surface area contributed by atoms with E-state index in [1.54, 1.807) is 139 Å². The zero-order valence-electron chi connectivity index (χ0n) is 52.7. The maximum Gasteiger partial charge on any atom is 0.408 e. The Bertz CT molecular complexity index is 2940. The van der Waals surface area contributed by atoms with Crippen LogP contribution in [0.5, 0.6) is 0 Å². The molecule has 3 aromatic carbocycles. The van der Waals surface area contributed by atoms with E-state index in [-0.39, 0.29) is 50.3 Å². The highest BCUT2D eigenvalue weighted by molar-refractivity contribution is 5.98. The molecule has 0 aliphatic carbocycles. The fourth-order valence-electron chi connectivity index (χ4n) is 8.78. The maximum absolute atomic E-state index is 14.9. The van der Waals surface area contributed by atoms with Crippen LogP contribution in [0.25, 0.3) is 0 Å². The van der Waals surface area contributed by atoms with Crippen molar-refractivity contribution in [2.45, 2.75) is 160 Å². The molecule has 19 N–H and O–H groups in total. The second-order valence-electron chi connectivity index (χ2n) is 23.3. The molecule has 31 heteroatoms. The van der Waals surface area contributed by atoms with E-state index in [9.17, 15) is 73.2 Å². The van der Waals surface area contributed by atoms with Crippen LogP contribution in [0, 0.1) is 17.2 Å². The molecule has 0 spiro atoms. The van der Waals surface area contributed by atoms with Gasteiger partial charge in [-0.2, -0.15) is 0 Å². The van der Waals surface area contributed by atoms with Gasteiger partial charge in [-0.05, 0) is 75.5 Å². The topological polar surface area (TPSA) is 490 Å². The van der Waals surface area contributed by atoms with Crippen LogP contribution in [0.15, 0.2) is 91.0 Å². The first-order valence-corrected chi connectivity index (χ1v) is 29.7. The zero-order valence-corrected chi connectivity index (χ0v) is 52.7. The van der Waals surface area contributed by atoms with Gasteiger partial charge >= 0.3 is 18.2 Å². The number of carboxylic acid groups (broad SMARTS) is 1. The Morgan fingerprint density at radius 3 is 1.58 bits per heavy atom. The number of ether oxygens (including phenoxy) is 2. The molecule has 31 nitrogen and oxygen atoms in total. The minimum absolute atomic E-state index is 0.00845. The molecule has 0 aromatic heterocycles. The summed E-state index contributed by atoms with van der Waals surface area (Å²) in [5.74, 6) is -11.8. The lowest BCUT2D eigenvalue weighted by Gasteiger charge is -2.33. The van der Waals surface area contributed by atoms with Crippen molar-refractivity contribution in [3.8, 4) is 0 Å². The van der Waals surface area contributed by atoms with Crippen LogP contribution in [-0.4, -0.2) is 189 Å². The summed E-state index contributed by atoms with van der Waals surface area (Å²) in [6.45, 7) is 9.31. The lowest BCUT2D eigenvalue weighted by molar-refractivity contribution is -0.143. The van der Waals surface area contributed by atoms with Crippen molar-refractivity contribution in [3.63, 3.8) is 0 Å². The number of carbonyl (C=O) groups is 11. The van der Waals surface area contributed by atoms with Crippen LogP contribution in [0.4, 0.5) is 9.59 Å². The molecule has 3 aromatic rings. The minimum Gasteiger partial charge on any atom is -0.480 e. The molecule has 0 saturated carbocycles. The second-order valence-corrected chi connectivity index (χ2v) is 23.3. The molecule has 0 aliphatic rings. The van der Waals surface area contributed by atoms with Crippen molar-refractivity contribution < 1.29 is 87.7 Å². The molecule has 0 aliphatic heterocycles. The van der Waals surface area contributed by atoms with E-state index in [1.807, 2.05) is 5.32 Å². The normalized spacial score (nSPS) is 14.8. The van der Waals surface area contributed by atoms with Gasteiger partial charge in [0.2, 0.25) is 47.3 Å². The monoisotopic (exact) mass is 1290 g/mol. The number of aliphatic hydroxyl groups excluding tert-OH is 4. The molecule has 0 radical (unpaired) electrons. The SMILES string of the molecule is CC(C)C[C@H](NC(=O)[C@@H](NC(=O)[C@@H](NC(=O)OCc1ccccc1)[C@H](NC(=O)OC(C)(C)C)c1ccccc1)[C@H](O)C(C)C)C(=O)N[C@H](CCCNC(=N)N)C(=O)N[C@@H](Cc1ccccc1)C(=O)N[C@H](C(=O)NCC(=O)N[C@@H](CO)C(=O)N[C@@H](CO)C(=O)O)[C@H](C)O. The molecular weight excluding hydrogens is 1200 g/mol. The molecule has 506 valence electrons. The lowest BCUT2D eigenvalue weighted by Crippen LogP contribution is -2.63. The summed E-state index contributed by atoms with van der Waals surface area (Å²) in [6, 6.07) is 9.76. The molecule has 0 fully saturated rings. The third-order valence-electron chi connectivity index (χ3n) is 13.5. The number of guanidine groups is 1. The largest absolute Gasteiger partial charge is 0.480 e. The number of amides is 10. The van der Waals surface area contributed by atoms with E-state index in [0.29, 0.717) is 11.1 Å². The maximum atomic E-state index is 14.9. The van der Waals surface area contributed by atoms with Gasteiger partial charge in [0.05, 0.1) is 38.0 Å². The molecule has 0 heterocycles. The number of benzene rings is 3. The summed E-state index contributed by atoms with van der Waals surface area (Å²) >= 11 is 0. The zero-order chi connectivity index (χ0) is 68.8. The molecule has 10 amide bonds. The number of alkyl carbamates (subject to hydrolysis) is 2. The van der Waals surface area contributed by atoms with Crippen molar-refractivity contribution in [3.05, 3.63) is 108 Å². The van der Waals surface area contributed by atoms with Gasteiger partial charge < -0.3 is 99.2 Å². The van der Waals surface area contributed by atoms with Crippen LogP contribution in [0.2, 0.25) is 0 Å².